The zero-order chi connectivity index (χ0) is 33.1. The van der Waals surface area contributed by atoms with Gasteiger partial charge in [0.15, 0.2) is 5.79 Å². The smallest absolute Gasteiger partial charge is 0.321 e. The van der Waals surface area contributed by atoms with Crippen molar-refractivity contribution in [2.75, 3.05) is 0 Å². The maximum absolute atomic E-state index is 15.2. The summed E-state index contributed by atoms with van der Waals surface area (Å²) in [5.74, 6) is 0.125. The minimum absolute atomic E-state index is 0.0183. The molecule has 2 heterocycles. The van der Waals surface area contributed by atoms with E-state index in [9.17, 15) is 0 Å². The van der Waals surface area contributed by atoms with E-state index >= 15 is 4.79 Å². The summed E-state index contributed by atoms with van der Waals surface area (Å²) in [7, 11) is 0. The van der Waals surface area contributed by atoms with Gasteiger partial charge in [-0.2, -0.15) is 0 Å². The molecule has 2 saturated heterocycles. The second-order valence-corrected chi connectivity index (χ2v) is 14.4. The minimum Gasteiger partial charge on any atom is -0.342 e. The van der Waals surface area contributed by atoms with Gasteiger partial charge in [0, 0.05) is 13.1 Å². The van der Waals surface area contributed by atoms with E-state index < -0.39 is 5.79 Å². The highest BCUT2D eigenvalue weighted by Gasteiger charge is 2.55. The summed E-state index contributed by atoms with van der Waals surface area (Å²) in [5, 5.41) is 0. The summed E-state index contributed by atoms with van der Waals surface area (Å²) in [5.41, 5.74) is 7.19. The van der Waals surface area contributed by atoms with Crippen LogP contribution in [0, 0.1) is 0 Å². The first-order valence-corrected chi connectivity index (χ1v) is 17.3. The van der Waals surface area contributed by atoms with E-state index in [1.165, 1.54) is 22.3 Å². The fourth-order valence-electron chi connectivity index (χ4n) is 7.16. The summed E-state index contributed by atoms with van der Waals surface area (Å²) in [4.78, 5) is 19.3. The van der Waals surface area contributed by atoms with Crippen LogP contribution in [0.25, 0.3) is 0 Å². The fraction of sp³-hybridized carbons (Fsp3) is 0.405. The van der Waals surface area contributed by atoms with Gasteiger partial charge in [-0.05, 0) is 71.9 Å². The van der Waals surface area contributed by atoms with Gasteiger partial charge in [-0.1, -0.05) is 137 Å². The Morgan fingerprint density at radius 2 is 0.915 bits per heavy atom. The van der Waals surface area contributed by atoms with E-state index in [-0.39, 0.29) is 30.3 Å². The van der Waals surface area contributed by atoms with Crippen LogP contribution in [-0.4, -0.2) is 45.9 Å². The highest BCUT2D eigenvalue weighted by molar-refractivity contribution is 5.76. The molecule has 246 valence electrons. The highest BCUT2D eigenvalue weighted by Crippen LogP contribution is 2.40. The van der Waals surface area contributed by atoms with Crippen LogP contribution in [0.15, 0.2) is 109 Å². The number of carbonyl (C=O) groups is 1. The van der Waals surface area contributed by atoms with Gasteiger partial charge in [-0.3, -0.25) is 0 Å². The van der Waals surface area contributed by atoms with Gasteiger partial charge in [-0.25, -0.2) is 4.79 Å². The van der Waals surface area contributed by atoms with Crippen LogP contribution in [0.4, 0.5) is 4.79 Å². The van der Waals surface area contributed by atoms with Gasteiger partial charge in [0.05, 0.1) is 12.1 Å². The van der Waals surface area contributed by atoms with Gasteiger partial charge >= 0.3 is 6.03 Å². The molecule has 0 aromatic heterocycles. The molecule has 0 N–H and O–H groups in total. The predicted octanol–water partition coefficient (Wildman–Crippen LogP) is 9.11. The van der Waals surface area contributed by atoms with Gasteiger partial charge < -0.3 is 19.3 Å². The molecule has 2 aliphatic heterocycles. The standard InChI is InChI=1S/C42H50N2O3/c1-29(2)35-21-17-31(18-22-35)25-37-39-40(47-42(5,6)46-39)38(26-32-19-23-36(24-20-32)30(3)4)44(28-34-15-11-8-12-16-34)41(45)43(37)27-33-13-9-7-10-14-33/h7-24,29-30,37-40H,25-28H2,1-6H3/t37-,38-,39+,40+/m1/s1. The molecule has 6 rings (SSSR count). The Morgan fingerprint density at radius 1 is 0.553 bits per heavy atom. The lowest BCUT2D eigenvalue weighted by molar-refractivity contribution is -0.157. The van der Waals surface area contributed by atoms with Crippen molar-refractivity contribution in [3.63, 3.8) is 0 Å². The van der Waals surface area contributed by atoms with Crippen molar-refractivity contribution < 1.29 is 14.3 Å². The molecule has 0 bridgehead atoms. The molecule has 4 aromatic rings. The average Bonchev–Trinajstić information content (AvgIpc) is 3.37. The summed E-state index contributed by atoms with van der Waals surface area (Å²) < 4.78 is 13.7. The predicted molar refractivity (Wildman–Crippen MR) is 189 cm³/mol. The highest BCUT2D eigenvalue weighted by atomic mass is 16.8. The molecule has 0 spiro atoms. The van der Waals surface area contributed by atoms with Crippen molar-refractivity contribution in [3.8, 4) is 0 Å². The van der Waals surface area contributed by atoms with Crippen molar-refractivity contribution in [1.82, 2.24) is 9.80 Å². The van der Waals surface area contributed by atoms with Crippen LogP contribution in [0.1, 0.15) is 86.8 Å². The lowest BCUT2D eigenvalue weighted by Crippen LogP contribution is -2.51. The van der Waals surface area contributed by atoms with Crippen LogP contribution in [0.3, 0.4) is 0 Å². The lowest BCUT2D eigenvalue weighted by Gasteiger charge is -2.37. The third-order valence-corrected chi connectivity index (χ3v) is 9.79. The van der Waals surface area contributed by atoms with Crippen LogP contribution in [0.2, 0.25) is 0 Å². The molecule has 0 aliphatic carbocycles. The van der Waals surface area contributed by atoms with Crippen molar-refractivity contribution in [2.24, 2.45) is 0 Å². The molecule has 2 fully saturated rings. The molecule has 0 radical (unpaired) electrons. The Hall–Kier alpha value is -3.93. The van der Waals surface area contributed by atoms with Crippen LogP contribution < -0.4 is 0 Å². The number of fused-ring (bicyclic) bond motifs is 1. The van der Waals surface area contributed by atoms with Crippen molar-refractivity contribution in [2.45, 2.75) is 109 Å². The fourth-order valence-corrected chi connectivity index (χ4v) is 7.16. The van der Waals surface area contributed by atoms with E-state index in [1.807, 2.05) is 50.2 Å². The molecule has 2 aliphatic rings. The molecule has 5 nitrogen and oxygen atoms in total. The number of hydrogen-bond acceptors (Lipinski definition) is 3. The second-order valence-electron chi connectivity index (χ2n) is 14.4. The van der Waals surface area contributed by atoms with E-state index in [2.05, 4.69) is 110 Å². The van der Waals surface area contributed by atoms with Crippen molar-refractivity contribution in [3.05, 3.63) is 143 Å². The van der Waals surface area contributed by atoms with E-state index in [0.717, 1.165) is 11.1 Å². The molecule has 47 heavy (non-hydrogen) atoms. The Labute approximate surface area is 281 Å². The van der Waals surface area contributed by atoms with Crippen molar-refractivity contribution >= 4 is 6.03 Å². The number of ether oxygens (including phenoxy) is 2. The zero-order valence-electron chi connectivity index (χ0n) is 28.8. The summed E-state index contributed by atoms with van der Waals surface area (Å²) >= 11 is 0. The zero-order valence-corrected chi connectivity index (χ0v) is 28.8. The van der Waals surface area contributed by atoms with Gasteiger partial charge in [0.1, 0.15) is 12.2 Å². The Kier molecular flexibility index (Phi) is 9.86. The largest absolute Gasteiger partial charge is 0.342 e. The number of urea groups is 1. The summed E-state index contributed by atoms with van der Waals surface area (Å²) in [6.07, 6.45) is 0.713. The normalized spacial score (nSPS) is 22.5. The third-order valence-electron chi connectivity index (χ3n) is 9.79. The van der Waals surface area contributed by atoms with Gasteiger partial charge in [0.2, 0.25) is 0 Å². The molecule has 4 aromatic carbocycles. The molecular formula is C42H50N2O3. The molecule has 0 unspecified atom stereocenters. The van der Waals surface area contributed by atoms with E-state index in [0.29, 0.717) is 37.8 Å². The average molecular weight is 631 g/mol. The summed E-state index contributed by atoms with van der Waals surface area (Å²) in [6, 6.07) is 38.0. The second kappa shape index (κ2) is 14.0. The minimum atomic E-state index is -0.786. The maximum Gasteiger partial charge on any atom is 0.321 e. The number of amides is 2. The van der Waals surface area contributed by atoms with Crippen LogP contribution >= 0.6 is 0 Å². The summed E-state index contributed by atoms with van der Waals surface area (Å²) in [6.45, 7) is 13.9. The number of hydrogen-bond donors (Lipinski definition) is 0. The van der Waals surface area contributed by atoms with E-state index in [4.69, 9.17) is 9.47 Å². The van der Waals surface area contributed by atoms with Crippen LogP contribution in [-0.2, 0) is 35.4 Å². The first-order valence-electron chi connectivity index (χ1n) is 17.3. The first-order chi connectivity index (χ1) is 22.6. The van der Waals surface area contributed by atoms with Gasteiger partial charge in [0.25, 0.3) is 0 Å². The van der Waals surface area contributed by atoms with Gasteiger partial charge in [-0.15, -0.1) is 0 Å². The molecule has 4 atom stereocenters. The number of rotatable bonds is 10. The Balaban J connectivity index is 1.46. The molecule has 2 amide bonds. The van der Waals surface area contributed by atoms with Crippen molar-refractivity contribution in [1.29, 1.82) is 0 Å². The Bertz CT molecular complexity index is 1480. The maximum atomic E-state index is 15.2. The number of nitrogens with zero attached hydrogens (tertiary/aromatic N) is 2. The van der Waals surface area contributed by atoms with E-state index in [1.54, 1.807) is 0 Å². The lowest BCUT2D eigenvalue weighted by atomic mass is 9.90. The molecule has 0 saturated carbocycles. The third kappa shape index (κ3) is 7.63. The number of benzene rings is 4. The quantitative estimate of drug-likeness (QED) is 0.176. The number of carbonyl (C=O) groups excluding carboxylic acids is 1. The Morgan fingerprint density at radius 3 is 1.26 bits per heavy atom. The first kappa shape index (κ1) is 33.0. The monoisotopic (exact) mass is 630 g/mol. The molecule has 5 heteroatoms. The van der Waals surface area contributed by atoms with Crippen LogP contribution in [0.5, 0.6) is 0 Å². The SMILES string of the molecule is CC(C)c1ccc(C[C@@H]2[C@@H]3OC(C)(C)O[C@H]3[C@@H](Cc3ccc(C(C)C)cc3)N(Cc3ccccc3)C(=O)N2Cc2ccccc2)cc1. The topological polar surface area (TPSA) is 42.0 Å². The molecular weight excluding hydrogens is 580 g/mol.